The maximum Gasteiger partial charge on any atom is 0.252 e. The number of aliphatic hydroxyl groups excluding tert-OH is 1. The van der Waals surface area contributed by atoms with Crippen molar-refractivity contribution in [2.75, 3.05) is 36.5 Å². The van der Waals surface area contributed by atoms with Gasteiger partial charge in [0.2, 0.25) is 0 Å². The minimum atomic E-state index is -0.140. The van der Waals surface area contributed by atoms with Crippen molar-refractivity contribution in [2.24, 2.45) is 7.05 Å². The first-order valence-electron chi connectivity index (χ1n) is 11.4. The molecule has 0 amide bonds. The molecule has 4 aromatic rings. The lowest BCUT2D eigenvalue weighted by atomic mass is 9.96. The van der Waals surface area contributed by atoms with Gasteiger partial charge in [0.25, 0.3) is 5.56 Å². The number of rotatable bonds is 5. The summed E-state index contributed by atoms with van der Waals surface area (Å²) in [6, 6.07) is 11.5. The first-order chi connectivity index (χ1) is 16.5. The van der Waals surface area contributed by atoms with Crippen LogP contribution in [0.2, 0.25) is 0 Å². The Hall–Kier alpha value is -3.90. The Morgan fingerprint density at radius 3 is 2.76 bits per heavy atom. The van der Waals surface area contributed by atoms with Gasteiger partial charge in [-0.05, 0) is 43.5 Å². The average molecular weight is 459 g/mol. The number of aryl methyl sites for hydroxylation is 2. The van der Waals surface area contributed by atoms with Crippen LogP contribution < -0.4 is 15.8 Å². The number of hydrogen-bond acceptors (Lipinski definition) is 8. The lowest BCUT2D eigenvalue weighted by Crippen LogP contribution is -2.34. The van der Waals surface area contributed by atoms with Gasteiger partial charge < -0.3 is 24.3 Å². The molecule has 0 aliphatic carbocycles. The van der Waals surface area contributed by atoms with Gasteiger partial charge in [-0.3, -0.25) is 4.79 Å². The van der Waals surface area contributed by atoms with Crippen molar-refractivity contribution >= 4 is 33.5 Å². The second-order valence-corrected chi connectivity index (χ2v) is 8.73. The van der Waals surface area contributed by atoms with Crippen molar-refractivity contribution in [1.29, 1.82) is 5.26 Å². The molecule has 0 atom stereocenters. The smallest absolute Gasteiger partial charge is 0.252 e. The van der Waals surface area contributed by atoms with Gasteiger partial charge in [0.1, 0.15) is 17.1 Å². The van der Waals surface area contributed by atoms with Crippen LogP contribution in [0.25, 0.3) is 22.1 Å². The molecular formula is C25H26N6O3. The number of aliphatic hydroxyl groups is 1. The largest absolute Gasteiger partial charge is 0.440 e. The van der Waals surface area contributed by atoms with Crippen LogP contribution in [0, 0.1) is 18.3 Å². The molecule has 1 aliphatic rings. The van der Waals surface area contributed by atoms with Gasteiger partial charge in [-0.15, -0.1) is 0 Å². The average Bonchev–Trinajstić information content (AvgIpc) is 3.28. The van der Waals surface area contributed by atoms with Gasteiger partial charge in [-0.2, -0.15) is 5.26 Å². The van der Waals surface area contributed by atoms with Gasteiger partial charge in [-0.1, -0.05) is 6.07 Å². The van der Waals surface area contributed by atoms with Crippen molar-refractivity contribution in [1.82, 2.24) is 14.5 Å². The van der Waals surface area contributed by atoms with E-state index in [9.17, 15) is 10.1 Å². The van der Waals surface area contributed by atoms with E-state index in [0.717, 1.165) is 54.2 Å². The second-order valence-electron chi connectivity index (χ2n) is 8.73. The number of anilines is 2. The summed E-state index contributed by atoms with van der Waals surface area (Å²) in [6.07, 6.45) is 1.67. The highest BCUT2D eigenvalue weighted by atomic mass is 16.3. The molecule has 9 nitrogen and oxygen atoms in total. The van der Waals surface area contributed by atoms with E-state index in [4.69, 9.17) is 14.5 Å². The highest BCUT2D eigenvalue weighted by molar-refractivity contribution is 5.91. The lowest BCUT2D eigenvalue weighted by molar-refractivity contribution is 0.311. The molecule has 34 heavy (non-hydrogen) atoms. The number of aromatic nitrogens is 3. The molecule has 3 aromatic heterocycles. The molecule has 1 aromatic carbocycles. The zero-order valence-electron chi connectivity index (χ0n) is 19.2. The minimum absolute atomic E-state index is 0.0729. The number of nitriles is 1. The Balaban J connectivity index is 1.45. The van der Waals surface area contributed by atoms with Crippen molar-refractivity contribution in [3.63, 3.8) is 0 Å². The Morgan fingerprint density at radius 1 is 1.24 bits per heavy atom. The summed E-state index contributed by atoms with van der Waals surface area (Å²) < 4.78 is 7.56. The molecule has 0 saturated carbocycles. The number of hydrogen-bond donors (Lipinski definition) is 2. The van der Waals surface area contributed by atoms with E-state index in [1.54, 1.807) is 19.2 Å². The lowest BCUT2D eigenvalue weighted by Gasteiger charge is -2.33. The maximum absolute atomic E-state index is 12.7. The number of piperidine rings is 1. The van der Waals surface area contributed by atoms with Gasteiger partial charge in [0.15, 0.2) is 17.2 Å². The zero-order valence-corrected chi connectivity index (χ0v) is 19.2. The molecule has 0 bridgehead atoms. The van der Waals surface area contributed by atoms with Gasteiger partial charge in [0.05, 0.1) is 23.5 Å². The van der Waals surface area contributed by atoms with Crippen LogP contribution >= 0.6 is 0 Å². The van der Waals surface area contributed by atoms with Crippen LogP contribution in [-0.4, -0.2) is 45.9 Å². The fourth-order valence-corrected chi connectivity index (χ4v) is 4.60. The normalized spacial score (nSPS) is 14.6. The van der Waals surface area contributed by atoms with Gasteiger partial charge in [0, 0.05) is 38.7 Å². The number of nitrogens with one attached hydrogen (secondary N) is 1. The molecule has 2 N–H and O–H groups in total. The molecule has 0 unspecified atom stereocenters. The maximum atomic E-state index is 12.7. The number of pyridine rings is 2. The standard InChI is InChI=1S/C25H26N6O3/c1-15-3-4-22-18(11-15)29-25(34-22)16-5-8-31(9-6-16)21-13-23(33)30(2)20-12-17(27-7-10-32)19(14-26)28-24(20)21/h3-4,11-13,16,27,32H,5-10H2,1-2H3. The Kier molecular flexibility index (Phi) is 5.67. The quantitative estimate of drug-likeness (QED) is 0.468. The van der Waals surface area contributed by atoms with Crippen molar-refractivity contribution in [3.05, 3.63) is 57.8 Å². The number of benzene rings is 1. The number of nitrogens with zero attached hydrogens (tertiary/aromatic N) is 5. The highest BCUT2D eigenvalue weighted by Gasteiger charge is 2.27. The third-order valence-electron chi connectivity index (χ3n) is 6.47. The second kappa shape index (κ2) is 8.80. The van der Waals surface area contributed by atoms with Gasteiger partial charge >= 0.3 is 0 Å². The summed E-state index contributed by atoms with van der Waals surface area (Å²) in [6.45, 7) is 3.70. The van der Waals surface area contributed by atoms with E-state index in [1.165, 1.54) is 4.57 Å². The molecule has 0 spiro atoms. The predicted molar refractivity (Wildman–Crippen MR) is 130 cm³/mol. The number of fused-ring (bicyclic) bond motifs is 2. The summed E-state index contributed by atoms with van der Waals surface area (Å²) >= 11 is 0. The first-order valence-corrected chi connectivity index (χ1v) is 11.4. The SMILES string of the molecule is Cc1ccc2oc(C3CCN(c4cc(=O)n(C)c5cc(NCCO)c(C#N)nc45)CC3)nc2c1. The molecule has 1 aliphatic heterocycles. The van der Waals surface area contributed by atoms with Crippen molar-refractivity contribution in [2.45, 2.75) is 25.7 Å². The Bertz CT molecular complexity index is 1470. The fourth-order valence-electron chi connectivity index (χ4n) is 4.60. The fraction of sp³-hybridized carbons (Fsp3) is 0.360. The zero-order chi connectivity index (χ0) is 23.8. The summed E-state index contributed by atoms with van der Waals surface area (Å²) in [5, 5.41) is 21.8. The van der Waals surface area contributed by atoms with Crippen LogP contribution in [0.1, 0.15) is 35.9 Å². The summed E-state index contributed by atoms with van der Waals surface area (Å²) in [7, 11) is 1.69. The molecule has 0 radical (unpaired) electrons. The van der Waals surface area contributed by atoms with Crippen molar-refractivity contribution in [3.8, 4) is 6.07 Å². The van der Waals surface area contributed by atoms with Crippen LogP contribution in [-0.2, 0) is 7.05 Å². The summed E-state index contributed by atoms with van der Waals surface area (Å²) in [4.78, 5) is 24.2. The highest BCUT2D eigenvalue weighted by Crippen LogP contribution is 2.34. The topological polar surface area (TPSA) is 120 Å². The van der Waals surface area contributed by atoms with Gasteiger partial charge in [-0.25, -0.2) is 9.97 Å². The minimum Gasteiger partial charge on any atom is -0.440 e. The molecule has 9 heteroatoms. The van der Waals surface area contributed by atoms with E-state index < -0.39 is 0 Å². The van der Waals surface area contributed by atoms with E-state index in [0.29, 0.717) is 23.3 Å². The van der Waals surface area contributed by atoms with Crippen LogP contribution in [0.5, 0.6) is 0 Å². The molecular weight excluding hydrogens is 432 g/mol. The third-order valence-corrected chi connectivity index (χ3v) is 6.47. The van der Waals surface area contributed by atoms with Crippen LogP contribution in [0.4, 0.5) is 11.4 Å². The van der Waals surface area contributed by atoms with E-state index in [2.05, 4.69) is 21.3 Å². The summed E-state index contributed by atoms with van der Waals surface area (Å²) in [5.41, 5.74) is 5.42. The van der Waals surface area contributed by atoms with E-state index >= 15 is 0 Å². The first kappa shape index (κ1) is 21.9. The summed E-state index contributed by atoms with van der Waals surface area (Å²) in [5.74, 6) is 0.970. The van der Waals surface area contributed by atoms with E-state index in [1.807, 2.05) is 25.1 Å². The van der Waals surface area contributed by atoms with Crippen molar-refractivity contribution < 1.29 is 9.52 Å². The predicted octanol–water partition coefficient (Wildman–Crippen LogP) is 3.04. The van der Waals surface area contributed by atoms with Crippen LogP contribution in [0.3, 0.4) is 0 Å². The monoisotopic (exact) mass is 458 g/mol. The number of oxazole rings is 1. The van der Waals surface area contributed by atoms with Crippen LogP contribution in [0.15, 0.2) is 39.5 Å². The molecule has 5 rings (SSSR count). The molecule has 1 fully saturated rings. The molecule has 4 heterocycles. The third kappa shape index (κ3) is 3.86. The molecule has 174 valence electrons. The Labute approximate surface area is 196 Å². The molecule has 1 saturated heterocycles. The Morgan fingerprint density at radius 2 is 2.03 bits per heavy atom. The van der Waals surface area contributed by atoms with E-state index in [-0.39, 0.29) is 23.8 Å².